The molecule has 1 aromatic heterocycles. The summed E-state index contributed by atoms with van der Waals surface area (Å²) >= 11 is 0. The molecule has 0 amide bonds. The van der Waals surface area contributed by atoms with Gasteiger partial charge in [-0.2, -0.15) is 0 Å². The minimum Gasteiger partial charge on any atom is -0.385 e. The van der Waals surface area contributed by atoms with Crippen molar-refractivity contribution in [2.45, 2.75) is 44.6 Å². The van der Waals surface area contributed by atoms with Crippen molar-refractivity contribution in [3.05, 3.63) is 29.8 Å². The molecule has 88 valence electrons. The average molecular weight is 223 g/mol. The molecule has 16 heavy (non-hydrogen) atoms. The first-order valence-electron chi connectivity index (χ1n) is 5.97. The summed E-state index contributed by atoms with van der Waals surface area (Å²) in [4.78, 5) is 3.81. The highest BCUT2D eigenvalue weighted by Gasteiger charge is 2.34. The Morgan fingerprint density at radius 3 is 2.69 bits per heavy atom. The quantitative estimate of drug-likeness (QED) is 0.836. The second-order valence-electron chi connectivity index (χ2n) is 4.78. The SMILES string of the molecule is CCC1CCC(O)(c2cncc(F)c2)CC1. The van der Waals surface area contributed by atoms with Crippen molar-refractivity contribution in [3.8, 4) is 0 Å². The molecule has 0 radical (unpaired) electrons. The zero-order valence-electron chi connectivity index (χ0n) is 9.62. The van der Waals surface area contributed by atoms with E-state index >= 15 is 0 Å². The standard InChI is InChI=1S/C13H18FNO/c1-2-10-3-5-13(16,6-4-10)11-7-12(14)9-15-8-11/h7-10,16H,2-6H2,1H3. The maximum atomic E-state index is 13.1. The molecule has 2 rings (SSSR count). The maximum absolute atomic E-state index is 13.1. The Morgan fingerprint density at radius 1 is 1.44 bits per heavy atom. The van der Waals surface area contributed by atoms with Gasteiger partial charge in [0.1, 0.15) is 5.82 Å². The van der Waals surface area contributed by atoms with Gasteiger partial charge in [-0.05, 0) is 37.7 Å². The van der Waals surface area contributed by atoms with Gasteiger partial charge in [0.05, 0.1) is 11.8 Å². The van der Waals surface area contributed by atoms with Crippen LogP contribution in [0.15, 0.2) is 18.5 Å². The van der Waals surface area contributed by atoms with Crippen LogP contribution in [0.3, 0.4) is 0 Å². The van der Waals surface area contributed by atoms with Gasteiger partial charge < -0.3 is 5.11 Å². The van der Waals surface area contributed by atoms with Gasteiger partial charge in [-0.3, -0.25) is 4.98 Å². The molecule has 0 aliphatic heterocycles. The summed E-state index contributed by atoms with van der Waals surface area (Å²) in [5.41, 5.74) is -0.233. The molecule has 1 aromatic rings. The van der Waals surface area contributed by atoms with E-state index in [0.717, 1.165) is 32.1 Å². The van der Waals surface area contributed by atoms with Crippen molar-refractivity contribution in [1.82, 2.24) is 4.98 Å². The highest BCUT2D eigenvalue weighted by molar-refractivity contribution is 5.19. The predicted octanol–water partition coefficient (Wildman–Crippen LogP) is 3.01. The van der Waals surface area contributed by atoms with Crippen molar-refractivity contribution in [2.24, 2.45) is 5.92 Å². The van der Waals surface area contributed by atoms with Gasteiger partial charge in [0, 0.05) is 11.8 Å². The minimum absolute atomic E-state index is 0.372. The van der Waals surface area contributed by atoms with Crippen LogP contribution in [0.25, 0.3) is 0 Å². The summed E-state index contributed by atoms with van der Waals surface area (Å²) in [6.45, 7) is 2.18. The third-order valence-electron chi connectivity index (χ3n) is 3.75. The van der Waals surface area contributed by atoms with Gasteiger partial charge in [0.15, 0.2) is 0 Å². The van der Waals surface area contributed by atoms with Crippen molar-refractivity contribution in [2.75, 3.05) is 0 Å². The number of hydrogen-bond acceptors (Lipinski definition) is 2. The molecule has 1 aliphatic carbocycles. The third kappa shape index (κ3) is 2.24. The molecule has 1 saturated carbocycles. The van der Waals surface area contributed by atoms with Crippen molar-refractivity contribution < 1.29 is 9.50 Å². The molecule has 1 fully saturated rings. The van der Waals surface area contributed by atoms with Crippen LogP contribution < -0.4 is 0 Å². The molecule has 0 aromatic carbocycles. The summed E-state index contributed by atoms with van der Waals surface area (Å²) in [5.74, 6) is 0.338. The monoisotopic (exact) mass is 223 g/mol. The van der Waals surface area contributed by atoms with Gasteiger partial charge in [-0.15, -0.1) is 0 Å². The number of nitrogens with zero attached hydrogens (tertiary/aromatic N) is 1. The number of hydrogen-bond donors (Lipinski definition) is 1. The Labute approximate surface area is 95.5 Å². The molecule has 1 aliphatic rings. The van der Waals surface area contributed by atoms with Crippen LogP contribution in [0.5, 0.6) is 0 Å². The average Bonchev–Trinajstić information content (AvgIpc) is 2.30. The predicted molar refractivity (Wildman–Crippen MR) is 60.3 cm³/mol. The second-order valence-corrected chi connectivity index (χ2v) is 4.78. The van der Waals surface area contributed by atoms with Gasteiger partial charge in [0.2, 0.25) is 0 Å². The molecule has 2 nitrogen and oxygen atoms in total. The van der Waals surface area contributed by atoms with E-state index in [2.05, 4.69) is 11.9 Å². The Hall–Kier alpha value is -0.960. The molecular weight excluding hydrogens is 205 g/mol. The van der Waals surface area contributed by atoms with Crippen LogP contribution in [0.4, 0.5) is 4.39 Å². The fourth-order valence-corrected chi connectivity index (χ4v) is 2.52. The fraction of sp³-hybridized carbons (Fsp3) is 0.615. The highest BCUT2D eigenvalue weighted by atomic mass is 19.1. The van der Waals surface area contributed by atoms with Crippen molar-refractivity contribution in [3.63, 3.8) is 0 Å². The molecule has 3 heteroatoms. The number of pyridine rings is 1. The first-order valence-corrected chi connectivity index (χ1v) is 5.97. The van der Waals surface area contributed by atoms with Crippen LogP contribution in [-0.4, -0.2) is 10.1 Å². The molecule has 0 bridgehead atoms. The lowest BCUT2D eigenvalue weighted by molar-refractivity contribution is -0.0151. The fourth-order valence-electron chi connectivity index (χ4n) is 2.52. The summed E-state index contributed by atoms with van der Waals surface area (Å²) in [7, 11) is 0. The third-order valence-corrected chi connectivity index (χ3v) is 3.75. The summed E-state index contributed by atoms with van der Waals surface area (Å²) in [6.07, 6.45) is 7.39. The van der Waals surface area contributed by atoms with E-state index in [1.165, 1.54) is 12.3 Å². The van der Waals surface area contributed by atoms with Crippen molar-refractivity contribution in [1.29, 1.82) is 0 Å². The summed E-state index contributed by atoms with van der Waals surface area (Å²) in [6, 6.07) is 1.40. The smallest absolute Gasteiger partial charge is 0.141 e. The van der Waals surface area contributed by atoms with Gasteiger partial charge >= 0.3 is 0 Å². The minimum atomic E-state index is -0.860. The van der Waals surface area contributed by atoms with Crippen LogP contribution in [0.1, 0.15) is 44.6 Å². The van der Waals surface area contributed by atoms with Gasteiger partial charge in [-0.25, -0.2) is 4.39 Å². The van der Waals surface area contributed by atoms with Gasteiger partial charge in [-0.1, -0.05) is 13.3 Å². The molecule has 1 N–H and O–H groups in total. The lowest BCUT2D eigenvalue weighted by Crippen LogP contribution is -2.31. The zero-order valence-corrected chi connectivity index (χ0v) is 9.62. The zero-order chi connectivity index (χ0) is 11.6. The normalized spacial score (nSPS) is 30.3. The molecular formula is C13H18FNO. The number of aromatic nitrogens is 1. The van der Waals surface area contributed by atoms with E-state index in [-0.39, 0.29) is 5.82 Å². The Morgan fingerprint density at radius 2 is 2.12 bits per heavy atom. The van der Waals surface area contributed by atoms with Crippen LogP contribution in [-0.2, 0) is 5.60 Å². The van der Waals surface area contributed by atoms with Crippen molar-refractivity contribution >= 4 is 0 Å². The van der Waals surface area contributed by atoms with Crippen LogP contribution in [0.2, 0.25) is 0 Å². The summed E-state index contributed by atoms with van der Waals surface area (Å²) in [5, 5.41) is 10.5. The Bertz CT molecular complexity index is 359. The first kappa shape index (κ1) is 11.5. The Balaban J connectivity index is 2.15. The maximum Gasteiger partial charge on any atom is 0.141 e. The number of aliphatic hydroxyl groups is 1. The molecule has 1 heterocycles. The largest absolute Gasteiger partial charge is 0.385 e. The first-order chi connectivity index (χ1) is 7.64. The lowest BCUT2D eigenvalue weighted by atomic mass is 9.75. The lowest BCUT2D eigenvalue weighted by Gasteiger charge is -2.35. The van der Waals surface area contributed by atoms with E-state index < -0.39 is 5.60 Å². The van der Waals surface area contributed by atoms with Gasteiger partial charge in [0.25, 0.3) is 0 Å². The van der Waals surface area contributed by atoms with E-state index in [1.54, 1.807) is 6.20 Å². The second kappa shape index (κ2) is 4.50. The number of rotatable bonds is 2. The van der Waals surface area contributed by atoms with E-state index in [0.29, 0.717) is 11.5 Å². The highest BCUT2D eigenvalue weighted by Crippen LogP contribution is 2.40. The van der Waals surface area contributed by atoms with Crippen LogP contribution in [0, 0.1) is 11.7 Å². The Kier molecular flexibility index (Phi) is 3.24. The summed E-state index contributed by atoms with van der Waals surface area (Å²) < 4.78 is 13.1. The van der Waals surface area contributed by atoms with E-state index in [9.17, 15) is 9.50 Å². The van der Waals surface area contributed by atoms with E-state index in [4.69, 9.17) is 0 Å². The van der Waals surface area contributed by atoms with E-state index in [1.807, 2.05) is 0 Å². The molecule has 0 spiro atoms. The molecule has 0 atom stereocenters. The molecule has 0 unspecified atom stereocenters. The topological polar surface area (TPSA) is 33.1 Å². The van der Waals surface area contributed by atoms with Crippen LogP contribution >= 0.6 is 0 Å². The number of halogens is 1. The molecule has 0 saturated heterocycles.